The second-order valence-corrected chi connectivity index (χ2v) is 9.21. The first-order chi connectivity index (χ1) is 10.2. The van der Waals surface area contributed by atoms with Crippen molar-refractivity contribution in [1.29, 1.82) is 0 Å². The Morgan fingerprint density at radius 2 is 1.62 bits per heavy atom. The molecule has 1 rings (SSSR count). The Labute approximate surface area is 130 Å². The van der Waals surface area contributed by atoms with E-state index in [1.807, 2.05) is 24.3 Å². The van der Waals surface area contributed by atoms with Crippen LogP contribution in [0, 0.1) is 12.3 Å². The third-order valence-electron chi connectivity index (χ3n) is 3.73. The number of hydrogen-bond acceptors (Lipinski definition) is 1. The van der Waals surface area contributed by atoms with E-state index in [0.717, 1.165) is 36.7 Å². The van der Waals surface area contributed by atoms with E-state index >= 15 is 0 Å². The van der Waals surface area contributed by atoms with Gasteiger partial charge in [0.25, 0.3) is 8.32 Å². The van der Waals surface area contributed by atoms with Gasteiger partial charge >= 0.3 is 0 Å². The molecule has 21 heavy (non-hydrogen) atoms. The molecule has 0 aliphatic heterocycles. The third kappa shape index (κ3) is 5.28. The first-order valence-electron chi connectivity index (χ1n) is 7.57. The number of hydrogen-bond donors (Lipinski definition) is 0. The van der Waals surface area contributed by atoms with Crippen molar-refractivity contribution in [3.8, 4) is 12.3 Å². The fraction of sp³-hybridized carbons (Fsp3) is 0.368. The van der Waals surface area contributed by atoms with Crippen LogP contribution in [-0.2, 0) is 4.43 Å². The molecule has 1 aliphatic rings. The van der Waals surface area contributed by atoms with Crippen LogP contribution in [0.1, 0.15) is 25.7 Å². The van der Waals surface area contributed by atoms with Crippen LogP contribution >= 0.6 is 0 Å². The first kappa shape index (κ1) is 17.3. The summed E-state index contributed by atoms with van der Waals surface area (Å²) in [6.45, 7) is 11.7. The molecule has 112 valence electrons. The summed E-state index contributed by atoms with van der Waals surface area (Å²) in [4.78, 5) is 0. The van der Waals surface area contributed by atoms with Gasteiger partial charge in [0, 0.05) is 6.42 Å². The second kappa shape index (κ2) is 9.26. The zero-order chi connectivity index (χ0) is 15.6. The van der Waals surface area contributed by atoms with Crippen LogP contribution in [0.25, 0.3) is 0 Å². The molecule has 0 N–H and O–H groups in total. The summed E-state index contributed by atoms with van der Waals surface area (Å²) in [7, 11) is -1.96. The van der Waals surface area contributed by atoms with E-state index in [0.29, 0.717) is 0 Å². The van der Waals surface area contributed by atoms with Crippen LogP contribution in [0.15, 0.2) is 61.4 Å². The van der Waals surface area contributed by atoms with Gasteiger partial charge < -0.3 is 4.43 Å². The highest BCUT2D eigenvalue weighted by atomic mass is 28.4. The van der Waals surface area contributed by atoms with Gasteiger partial charge in [-0.25, -0.2) is 0 Å². The first-order valence-corrected chi connectivity index (χ1v) is 10.1. The molecule has 0 fully saturated rings. The highest BCUT2D eigenvalue weighted by molar-refractivity contribution is 6.75. The summed E-state index contributed by atoms with van der Waals surface area (Å²) >= 11 is 0. The molecular formula is C19H26OSi. The molecule has 0 spiro atoms. The van der Waals surface area contributed by atoms with E-state index in [1.54, 1.807) is 6.08 Å². The molecule has 0 bridgehead atoms. The van der Waals surface area contributed by atoms with Crippen molar-refractivity contribution < 1.29 is 4.43 Å². The molecule has 0 aromatic carbocycles. The molecule has 0 radical (unpaired) electrons. The highest BCUT2D eigenvalue weighted by Crippen LogP contribution is 2.33. The Bertz CT molecular complexity index is 450. The molecule has 0 heterocycles. The minimum atomic E-state index is -1.96. The van der Waals surface area contributed by atoms with Gasteiger partial charge in [-0.1, -0.05) is 24.1 Å². The number of rotatable bonds is 9. The number of allylic oxidation sites excluding steroid dienone is 7. The minimum Gasteiger partial charge on any atom is -0.545 e. The predicted molar refractivity (Wildman–Crippen MR) is 95.3 cm³/mol. The molecule has 0 saturated carbocycles. The fourth-order valence-corrected chi connectivity index (χ4v) is 5.85. The Balaban J connectivity index is 3.07. The van der Waals surface area contributed by atoms with Gasteiger partial charge in [0.2, 0.25) is 0 Å². The molecule has 1 aliphatic carbocycles. The lowest BCUT2D eigenvalue weighted by atomic mass is 9.97. The predicted octanol–water partition coefficient (Wildman–Crippen LogP) is 5.52. The average molecular weight is 299 g/mol. The van der Waals surface area contributed by atoms with E-state index in [-0.39, 0.29) is 0 Å². The van der Waals surface area contributed by atoms with E-state index < -0.39 is 8.32 Å². The van der Waals surface area contributed by atoms with Crippen LogP contribution in [0.4, 0.5) is 0 Å². The second-order valence-electron chi connectivity index (χ2n) is 5.42. The summed E-state index contributed by atoms with van der Waals surface area (Å²) in [5.41, 5.74) is 1.26. The van der Waals surface area contributed by atoms with Crippen LogP contribution in [-0.4, -0.2) is 8.32 Å². The lowest BCUT2D eigenvalue weighted by molar-refractivity contribution is 0.365. The smallest absolute Gasteiger partial charge is 0.261 e. The van der Waals surface area contributed by atoms with Crippen molar-refractivity contribution in [3.05, 3.63) is 61.4 Å². The quantitative estimate of drug-likeness (QED) is 0.309. The molecule has 2 heteroatoms. The van der Waals surface area contributed by atoms with E-state index in [2.05, 4.69) is 25.7 Å². The molecule has 0 saturated heterocycles. The molecule has 0 unspecified atom stereocenters. The molecule has 0 amide bonds. The lowest BCUT2D eigenvalue weighted by Crippen LogP contribution is -2.36. The topological polar surface area (TPSA) is 9.23 Å². The third-order valence-corrected chi connectivity index (χ3v) is 7.51. The Morgan fingerprint density at radius 1 is 1.05 bits per heavy atom. The normalized spacial score (nSPS) is 15.6. The fourth-order valence-electron chi connectivity index (χ4n) is 2.77. The summed E-state index contributed by atoms with van der Waals surface area (Å²) in [6, 6.07) is 2.75. The summed E-state index contributed by atoms with van der Waals surface area (Å²) in [6.07, 6.45) is 19.5. The van der Waals surface area contributed by atoms with Crippen molar-refractivity contribution >= 4 is 8.32 Å². The maximum Gasteiger partial charge on any atom is 0.261 e. The van der Waals surface area contributed by atoms with Gasteiger partial charge in [0.05, 0.1) is 5.76 Å². The van der Waals surface area contributed by atoms with Crippen LogP contribution in [0.3, 0.4) is 0 Å². The molecule has 1 nitrogen and oxygen atoms in total. The minimum absolute atomic E-state index is 0.917. The molecule has 0 atom stereocenters. The van der Waals surface area contributed by atoms with E-state index in [9.17, 15) is 0 Å². The SMILES string of the molecule is C#CC=CC1=C(O[Si](CC=C)(CC=C)CC=C)CCCC1. The Kier molecular flexibility index (Phi) is 7.64. The largest absolute Gasteiger partial charge is 0.545 e. The van der Waals surface area contributed by atoms with Crippen molar-refractivity contribution in [3.63, 3.8) is 0 Å². The van der Waals surface area contributed by atoms with Gasteiger partial charge in [-0.2, -0.15) is 0 Å². The monoisotopic (exact) mass is 298 g/mol. The Hall–Kier alpha value is -1.72. The van der Waals surface area contributed by atoms with Crippen LogP contribution < -0.4 is 0 Å². The average Bonchev–Trinajstić information content (AvgIpc) is 2.47. The highest BCUT2D eigenvalue weighted by Gasteiger charge is 2.34. The van der Waals surface area contributed by atoms with Crippen molar-refractivity contribution in [2.24, 2.45) is 0 Å². The zero-order valence-corrected chi connectivity index (χ0v) is 13.9. The summed E-state index contributed by atoms with van der Waals surface area (Å²) in [5, 5.41) is 0. The number of terminal acetylenes is 1. The lowest BCUT2D eigenvalue weighted by Gasteiger charge is -2.33. The summed E-state index contributed by atoms with van der Waals surface area (Å²) in [5.74, 6) is 3.70. The van der Waals surface area contributed by atoms with E-state index in [4.69, 9.17) is 10.8 Å². The molecule has 0 aromatic rings. The van der Waals surface area contributed by atoms with Gasteiger partial charge in [0.15, 0.2) is 0 Å². The molecule has 0 aromatic heterocycles. The van der Waals surface area contributed by atoms with E-state index in [1.165, 1.54) is 18.4 Å². The van der Waals surface area contributed by atoms with Gasteiger partial charge in [-0.05, 0) is 55.1 Å². The van der Waals surface area contributed by atoms with Crippen LogP contribution in [0.5, 0.6) is 0 Å². The van der Waals surface area contributed by atoms with Crippen molar-refractivity contribution in [2.75, 3.05) is 0 Å². The van der Waals surface area contributed by atoms with Crippen LogP contribution in [0.2, 0.25) is 18.1 Å². The molecular weight excluding hydrogens is 272 g/mol. The van der Waals surface area contributed by atoms with Gasteiger partial charge in [0.1, 0.15) is 0 Å². The Morgan fingerprint density at radius 3 is 2.14 bits per heavy atom. The van der Waals surface area contributed by atoms with Gasteiger partial charge in [-0.15, -0.1) is 26.2 Å². The van der Waals surface area contributed by atoms with Crippen molar-refractivity contribution in [2.45, 2.75) is 43.8 Å². The van der Waals surface area contributed by atoms with Crippen molar-refractivity contribution in [1.82, 2.24) is 0 Å². The maximum absolute atomic E-state index is 6.59. The standard InChI is InChI=1S/C19H26OSi/c1-5-9-12-18-13-10-11-14-19(18)20-21(15-6-2,16-7-3)17-8-4/h1,6-9,12H,2-4,10-11,13-17H2. The summed E-state index contributed by atoms with van der Waals surface area (Å²) < 4.78 is 6.59. The van der Waals surface area contributed by atoms with Gasteiger partial charge in [-0.3, -0.25) is 0 Å². The maximum atomic E-state index is 6.59. The zero-order valence-electron chi connectivity index (χ0n) is 12.9.